The minimum Gasteiger partial charge on any atom is -0.381 e. The number of pyridine rings is 1. The van der Waals surface area contributed by atoms with Gasteiger partial charge in [-0.15, -0.1) is 10.2 Å². The van der Waals surface area contributed by atoms with Crippen LogP contribution < -0.4 is 5.69 Å². The van der Waals surface area contributed by atoms with E-state index < -0.39 is 29.6 Å². The Morgan fingerprint density at radius 2 is 1.95 bits per heavy atom. The third-order valence-corrected chi connectivity index (χ3v) is 9.08. The number of imidazole rings is 1. The summed E-state index contributed by atoms with van der Waals surface area (Å²) in [5.41, 5.74) is -1.14. The molecule has 0 N–H and O–H groups in total. The van der Waals surface area contributed by atoms with Crippen molar-refractivity contribution in [1.29, 1.82) is 0 Å². The smallest absolute Gasteiger partial charge is 0.381 e. The average molecular weight is 565 g/mol. The van der Waals surface area contributed by atoms with Gasteiger partial charge in [0.15, 0.2) is 0 Å². The van der Waals surface area contributed by atoms with E-state index in [1.54, 1.807) is 6.33 Å². The molecule has 1 aliphatic carbocycles. The van der Waals surface area contributed by atoms with Gasteiger partial charge in [-0.05, 0) is 62.1 Å². The van der Waals surface area contributed by atoms with Crippen LogP contribution in [0, 0.1) is 17.8 Å². The molecule has 40 heavy (non-hydrogen) atoms. The molecular formula is C28H36F4N6O2. The highest BCUT2D eigenvalue weighted by Gasteiger charge is 2.43. The number of hydrogen-bond acceptors (Lipinski definition) is 5. The summed E-state index contributed by atoms with van der Waals surface area (Å²) >= 11 is 0. The van der Waals surface area contributed by atoms with Crippen molar-refractivity contribution in [3.63, 3.8) is 0 Å². The normalized spacial score (nSPS) is 27.6. The average Bonchev–Trinajstić information content (AvgIpc) is 3.42. The molecular weight excluding hydrogens is 528 g/mol. The number of nitrogens with zero attached hydrogens (tertiary/aromatic N) is 6. The number of halogens is 4. The summed E-state index contributed by atoms with van der Waals surface area (Å²) in [6, 6.07) is 0.603. The van der Waals surface area contributed by atoms with Gasteiger partial charge in [-0.3, -0.25) is 13.9 Å². The summed E-state index contributed by atoms with van der Waals surface area (Å²) in [4.78, 5) is 15.8. The molecule has 218 valence electrons. The largest absolute Gasteiger partial charge is 0.418 e. The van der Waals surface area contributed by atoms with Gasteiger partial charge in [0, 0.05) is 50.4 Å². The Labute approximate surface area is 229 Å². The van der Waals surface area contributed by atoms with E-state index >= 15 is 4.39 Å². The Balaban J connectivity index is 1.35. The Morgan fingerprint density at radius 1 is 1.15 bits per heavy atom. The number of ether oxygens (including phenoxy) is 1. The fourth-order valence-corrected chi connectivity index (χ4v) is 7.17. The van der Waals surface area contributed by atoms with Crippen LogP contribution in [0.3, 0.4) is 0 Å². The lowest BCUT2D eigenvalue weighted by atomic mass is 9.71. The van der Waals surface area contributed by atoms with E-state index in [1.165, 1.54) is 23.0 Å². The summed E-state index contributed by atoms with van der Waals surface area (Å²) in [7, 11) is 1.85. The molecule has 3 aliphatic rings. The molecule has 6 rings (SSSR count). The zero-order valence-electron chi connectivity index (χ0n) is 22.9. The number of fused-ring (bicyclic) bond motifs is 1. The molecule has 0 bridgehead atoms. The van der Waals surface area contributed by atoms with Crippen LogP contribution in [-0.2, 0) is 24.5 Å². The summed E-state index contributed by atoms with van der Waals surface area (Å²) in [5, 5.41) is 8.32. The highest BCUT2D eigenvalue weighted by atomic mass is 19.4. The number of alkyl halides is 4. The summed E-state index contributed by atoms with van der Waals surface area (Å²) < 4.78 is 67.8. The van der Waals surface area contributed by atoms with Gasteiger partial charge in [0.2, 0.25) is 0 Å². The first-order chi connectivity index (χ1) is 19.1. The van der Waals surface area contributed by atoms with Crippen molar-refractivity contribution in [3.8, 4) is 0 Å². The molecule has 0 radical (unpaired) electrons. The lowest BCUT2D eigenvalue weighted by molar-refractivity contribution is -0.136. The van der Waals surface area contributed by atoms with Crippen LogP contribution in [0.1, 0.15) is 67.9 Å². The topological polar surface area (TPSA) is 69.6 Å². The van der Waals surface area contributed by atoms with Gasteiger partial charge in [0.1, 0.15) is 18.3 Å². The molecule has 8 nitrogen and oxygen atoms in total. The van der Waals surface area contributed by atoms with Crippen LogP contribution >= 0.6 is 0 Å². The maximum absolute atomic E-state index is 15.3. The van der Waals surface area contributed by atoms with Crippen molar-refractivity contribution >= 4 is 5.52 Å². The second-order valence-corrected chi connectivity index (χ2v) is 12.2. The SMILES string of the molecule is C[C@H]1CCCN(Cc2cc(C(F)(F)F)c3cn(C4CC(F)CC([C@@H](c5nncn5C)C5COC5)C4)c(=O)n3c2)C1. The minimum absolute atomic E-state index is 0.0832. The van der Waals surface area contributed by atoms with E-state index in [1.807, 2.05) is 11.6 Å². The van der Waals surface area contributed by atoms with Crippen molar-refractivity contribution in [2.24, 2.45) is 24.8 Å². The maximum atomic E-state index is 15.3. The van der Waals surface area contributed by atoms with E-state index in [9.17, 15) is 18.0 Å². The monoisotopic (exact) mass is 564 g/mol. The highest BCUT2D eigenvalue weighted by Crippen LogP contribution is 2.46. The highest BCUT2D eigenvalue weighted by molar-refractivity contribution is 5.56. The van der Waals surface area contributed by atoms with Gasteiger partial charge in [0.25, 0.3) is 0 Å². The first kappa shape index (κ1) is 27.4. The summed E-state index contributed by atoms with van der Waals surface area (Å²) in [6.07, 6.45) is 1.56. The van der Waals surface area contributed by atoms with Gasteiger partial charge < -0.3 is 9.30 Å². The Morgan fingerprint density at radius 3 is 2.60 bits per heavy atom. The Bertz CT molecular complexity index is 1410. The van der Waals surface area contributed by atoms with Crippen LogP contribution in [-0.4, -0.2) is 61.1 Å². The Hall–Kier alpha value is -2.73. The minimum atomic E-state index is -4.63. The second-order valence-electron chi connectivity index (χ2n) is 12.2. The molecule has 3 aromatic rings. The number of aromatic nitrogens is 5. The van der Waals surface area contributed by atoms with Gasteiger partial charge in [-0.1, -0.05) is 6.92 Å². The fraction of sp³-hybridized carbons (Fsp3) is 0.679. The van der Waals surface area contributed by atoms with Crippen molar-refractivity contribution in [1.82, 2.24) is 28.6 Å². The third kappa shape index (κ3) is 5.20. The number of hydrogen-bond donors (Lipinski definition) is 0. The lowest BCUT2D eigenvalue weighted by Gasteiger charge is -2.42. The van der Waals surface area contributed by atoms with Gasteiger partial charge in [-0.25, -0.2) is 9.18 Å². The van der Waals surface area contributed by atoms with E-state index in [0.29, 0.717) is 44.1 Å². The maximum Gasteiger partial charge on any atom is 0.418 e. The fourth-order valence-electron chi connectivity index (χ4n) is 7.17. The zero-order chi connectivity index (χ0) is 28.2. The van der Waals surface area contributed by atoms with Crippen LogP contribution in [0.5, 0.6) is 0 Å². The predicted molar refractivity (Wildman–Crippen MR) is 140 cm³/mol. The molecule has 12 heteroatoms. The first-order valence-corrected chi connectivity index (χ1v) is 14.2. The molecule has 2 aliphatic heterocycles. The second kappa shape index (κ2) is 10.6. The van der Waals surface area contributed by atoms with Gasteiger partial charge in [0.05, 0.1) is 24.3 Å². The molecule has 1 saturated carbocycles. The lowest BCUT2D eigenvalue weighted by Crippen LogP contribution is -2.41. The molecule has 5 heterocycles. The Kier molecular flexibility index (Phi) is 7.27. The van der Waals surface area contributed by atoms with Crippen molar-refractivity contribution in [2.75, 3.05) is 26.3 Å². The van der Waals surface area contributed by atoms with E-state index in [2.05, 4.69) is 22.0 Å². The number of likely N-dealkylation sites (tertiary alicyclic amines) is 1. The molecule has 2 saturated heterocycles. The number of aryl methyl sites for hydroxylation is 1. The zero-order valence-corrected chi connectivity index (χ0v) is 22.9. The molecule has 0 spiro atoms. The predicted octanol–water partition coefficient (Wildman–Crippen LogP) is 4.59. The van der Waals surface area contributed by atoms with Crippen LogP contribution in [0.15, 0.2) is 29.6 Å². The summed E-state index contributed by atoms with van der Waals surface area (Å²) in [6.45, 7) is 5.21. The van der Waals surface area contributed by atoms with E-state index in [4.69, 9.17) is 4.74 Å². The van der Waals surface area contributed by atoms with Gasteiger partial charge in [-0.2, -0.15) is 13.2 Å². The number of rotatable bonds is 6. The van der Waals surface area contributed by atoms with Crippen molar-refractivity contribution < 1.29 is 22.3 Å². The van der Waals surface area contributed by atoms with Crippen LogP contribution in [0.25, 0.3) is 5.52 Å². The van der Waals surface area contributed by atoms with Gasteiger partial charge >= 0.3 is 11.9 Å². The molecule has 3 fully saturated rings. The molecule has 3 unspecified atom stereocenters. The van der Waals surface area contributed by atoms with E-state index in [-0.39, 0.29) is 29.7 Å². The van der Waals surface area contributed by atoms with E-state index in [0.717, 1.165) is 36.2 Å². The summed E-state index contributed by atoms with van der Waals surface area (Å²) in [5.74, 6) is 1.11. The molecule has 0 amide bonds. The first-order valence-electron chi connectivity index (χ1n) is 14.2. The third-order valence-electron chi connectivity index (χ3n) is 9.08. The number of piperidine rings is 1. The molecule has 3 aromatic heterocycles. The van der Waals surface area contributed by atoms with Crippen molar-refractivity contribution in [2.45, 2.75) is 69.9 Å². The quantitative estimate of drug-likeness (QED) is 0.410. The molecule has 5 atom stereocenters. The van der Waals surface area contributed by atoms with Crippen molar-refractivity contribution in [3.05, 3.63) is 52.2 Å². The molecule has 0 aromatic carbocycles. The van der Waals surface area contributed by atoms with Crippen LogP contribution in [0.2, 0.25) is 0 Å². The standard InChI is InChI=1S/C28H36F4N6O2/c1-17-4-3-5-36(10-17)11-18-6-23(28(30,31)32)24-13-37(27(39)38(24)12-18)22-8-19(7-21(29)9-22)25(20-14-40-15-20)26-34-33-16-35(26)2/h6,12-13,16-17,19-22,25H,3-5,7-11,14-15H2,1-2H3/t17-,19?,21?,22?,25+/m0/s1. The van der Waals surface area contributed by atoms with Crippen LogP contribution in [0.4, 0.5) is 17.6 Å².